The topological polar surface area (TPSA) is 67.9 Å². The summed E-state index contributed by atoms with van der Waals surface area (Å²) in [6.07, 6.45) is -3.58. The number of benzene rings is 1. The maximum Gasteiger partial charge on any atom is 0.411 e. The molecule has 2 amide bonds. The van der Waals surface area contributed by atoms with Crippen molar-refractivity contribution < 1.29 is 32.2 Å². The molecule has 0 bridgehead atoms. The number of rotatable bonds is 6. The van der Waals surface area contributed by atoms with Gasteiger partial charge < -0.3 is 19.7 Å². The molecule has 1 aliphatic rings. The summed E-state index contributed by atoms with van der Waals surface area (Å²) in [5, 5.41) is 2.81. The van der Waals surface area contributed by atoms with Gasteiger partial charge in [-0.2, -0.15) is 13.2 Å². The van der Waals surface area contributed by atoms with Crippen LogP contribution >= 0.6 is 0 Å². The Hall–Kier alpha value is -2.29. The third-order valence-corrected chi connectivity index (χ3v) is 4.07. The van der Waals surface area contributed by atoms with E-state index in [1.54, 1.807) is 24.3 Å². The molecule has 0 atom stereocenters. The first-order valence-electron chi connectivity index (χ1n) is 8.16. The molecule has 0 aromatic heterocycles. The molecular formula is C17H21F3N2O4. The van der Waals surface area contributed by atoms with Crippen LogP contribution in [-0.4, -0.2) is 56.3 Å². The van der Waals surface area contributed by atoms with Gasteiger partial charge in [-0.1, -0.05) is 12.1 Å². The van der Waals surface area contributed by atoms with Crippen LogP contribution in [0, 0.1) is 5.92 Å². The Labute approximate surface area is 149 Å². The van der Waals surface area contributed by atoms with E-state index in [-0.39, 0.29) is 11.8 Å². The van der Waals surface area contributed by atoms with E-state index in [1.165, 1.54) is 12.0 Å². The number of hydrogen-bond donors (Lipinski definition) is 1. The lowest BCUT2D eigenvalue weighted by Gasteiger charge is -2.31. The third-order valence-electron chi connectivity index (χ3n) is 4.07. The summed E-state index contributed by atoms with van der Waals surface area (Å²) >= 11 is 0. The molecule has 1 N–H and O–H groups in total. The number of anilines is 1. The van der Waals surface area contributed by atoms with Gasteiger partial charge in [0.25, 0.3) is 0 Å². The van der Waals surface area contributed by atoms with E-state index >= 15 is 0 Å². The largest absolute Gasteiger partial charge is 0.495 e. The molecule has 6 nitrogen and oxygen atoms in total. The lowest BCUT2D eigenvalue weighted by atomic mass is 9.95. The first-order valence-corrected chi connectivity index (χ1v) is 8.16. The zero-order chi connectivity index (χ0) is 19.2. The number of carbonyl (C=O) groups is 2. The maximum atomic E-state index is 12.4. The number of nitrogens with zero attached hydrogens (tertiary/aromatic N) is 1. The Balaban J connectivity index is 1.78. The second kappa shape index (κ2) is 8.88. The van der Waals surface area contributed by atoms with Gasteiger partial charge in [0, 0.05) is 19.0 Å². The molecule has 2 rings (SSSR count). The Bertz CT molecular complexity index is 629. The van der Waals surface area contributed by atoms with Crippen LogP contribution in [0.4, 0.5) is 18.9 Å². The number of ether oxygens (including phenoxy) is 2. The van der Waals surface area contributed by atoms with Crippen LogP contribution in [0.5, 0.6) is 5.75 Å². The minimum absolute atomic E-state index is 0.171. The van der Waals surface area contributed by atoms with Crippen LogP contribution in [0.25, 0.3) is 0 Å². The van der Waals surface area contributed by atoms with Gasteiger partial charge in [-0.15, -0.1) is 0 Å². The van der Waals surface area contributed by atoms with E-state index in [2.05, 4.69) is 10.1 Å². The van der Waals surface area contributed by atoms with Gasteiger partial charge in [0.05, 0.1) is 12.8 Å². The van der Waals surface area contributed by atoms with Crippen molar-refractivity contribution in [1.29, 1.82) is 0 Å². The van der Waals surface area contributed by atoms with Crippen molar-refractivity contribution in [3.8, 4) is 5.75 Å². The van der Waals surface area contributed by atoms with Crippen molar-refractivity contribution >= 4 is 17.5 Å². The van der Waals surface area contributed by atoms with Gasteiger partial charge in [-0.25, -0.2) is 0 Å². The van der Waals surface area contributed by atoms with Crippen molar-refractivity contribution in [2.75, 3.05) is 38.7 Å². The summed E-state index contributed by atoms with van der Waals surface area (Å²) in [6, 6.07) is 7.03. The molecule has 1 aromatic rings. The third kappa shape index (κ3) is 5.91. The van der Waals surface area contributed by atoms with Crippen LogP contribution in [-0.2, 0) is 14.3 Å². The van der Waals surface area contributed by atoms with Crippen molar-refractivity contribution in [3.63, 3.8) is 0 Å². The van der Waals surface area contributed by atoms with Crippen molar-refractivity contribution in [1.82, 2.24) is 4.90 Å². The standard InChI is InChI=1S/C17H21F3N2O4/c1-25-14-5-3-2-4-13(14)21-16(24)12-6-8-22(9-7-12)15(23)10-26-11-17(18,19)20/h2-5,12H,6-11H2,1H3,(H,21,24). The van der Waals surface area contributed by atoms with Crippen LogP contribution in [0.15, 0.2) is 24.3 Å². The number of piperidine rings is 1. The molecule has 1 heterocycles. The molecule has 1 aromatic carbocycles. The molecule has 1 aliphatic heterocycles. The van der Waals surface area contributed by atoms with Gasteiger partial charge in [-0.05, 0) is 25.0 Å². The first kappa shape index (κ1) is 20.0. The average Bonchev–Trinajstić information content (AvgIpc) is 2.61. The molecule has 0 spiro atoms. The monoisotopic (exact) mass is 374 g/mol. The number of methoxy groups -OCH3 is 1. The molecule has 144 valence electrons. The Morgan fingerprint density at radius 1 is 1.23 bits per heavy atom. The summed E-state index contributed by atoms with van der Waals surface area (Å²) in [4.78, 5) is 25.6. The van der Waals surface area contributed by atoms with Gasteiger partial charge >= 0.3 is 6.18 Å². The van der Waals surface area contributed by atoms with E-state index in [9.17, 15) is 22.8 Å². The quantitative estimate of drug-likeness (QED) is 0.831. The normalized spacial score (nSPS) is 15.6. The highest BCUT2D eigenvalue weighted by molar-refractivity contribution is 5.94. The predicted molar refractivity (Wildman–Crippen MR) is 87.8 cm³/mol. The molecule has 0 unspecified atom stereocenters. The molecule has 1 fully saturated rings. The smallest absolute Gasteiger partial charge is 0.411 e. The molecule has 9 heteroatoms. The molecule has 1 saturated heterocycles. The van der Waals surface area contributed by atoms with Gasteiger partial charge in [0.15, 0.2) is 0 Å². The fourth-order valence-electron chi connectivity index (χ4n) is 2.72. The number of amides is 2. The van der Waals surface area contributed by atoms with Crippen molar-refractivity contribution in [3.05, 3.63) is 24.3 Å². The molecule has 0 aliphatic carbocycles. The van der Waals surface area contributed by atoms with Gasteiger partial charge in [0.1, 0.15) is 19.0 Å². The minimum Gasteiger partial charge on any atom is -0.495 e. The van der Waals surface area contributed by atoms with Crippen LogP contribution in [0.3, 0.4) is 0 Å². The SMILES string of the molecule is COc1ccccc1NC(=O)C1CCN(C(=O)COCC(F)(F)F)CC1. The zero-order valence-corrected chi connectivity index (χ0v) is 14.3. The predicted octanol–water partition coefficient (Wildman–Crippen LogP) is 2.45. The Morgan fingerprint density at radius 2 is 1.88 bits per heavy atom. The Kier molecular flexibility index (Phi) is 6.84. The fourth-order valence-corrected chi connectivity index (χ4v) is 2.72. The number of hydrogen-bond acceptors (Lipinski definition) is 4. The second-order valence-corrected chi connectivity index (χ2v) is 5.95. The second-order valence-electron chi connectivity index (χ2n) is 5.95. The van der Waals surface area contributed by atoms with E-state index in [0.29, 0.717) is 37.4 Å². The number of carbonyl (C=O) groups excluding carboxylic acids is 2. The van der Waals surface area contributed by atoms with Crippen LogP contribution in [0.2, 0.25) is 0 Å². The number of likely N-dealkylation sites (tertiary alicyclic amines) is 1. The number of alkyl halides is 3. The summed E-state index contributed by atoms with van der Waals surface area (Å²) in [5.41, 5.74) is 0.569. The van der Waals surface area contributed by atoms with Gasteiger partial charge in [-0.3, -0.25) is 9.59 Å². The zero-order valence-electron chi connectivity index (χ0n) is 14.3. The summed E-state index contributed by atoms with van der Waals surface area (Å²) < 4.78 is 45.6. The lowest BCUT2D eigenvalue weighted by molar-refractivity contribution is -0.178. The lowest BCUT2D eigenvalue weighted by Crippen LogP contribution is -2.43. The average molecular weight is 374 g/mol. The molecule has 0 radical (unpaired) electrons. The Morgan fingerprint density at radius 3 is 2.50 bits per heavy atom. The van der Waals surface area contributed by atoms with Gasteiger partial charge in [0.2, 0.25) is 11.8 Å². The van der Waals surface area contributed by atoms with E-state index in [4.69, 9.17) is 4.74 Å². The minimum atomic E-state index is -4.45. The highest BCUT2D eigenvalue weighted by atomic mass is 19.4. The van der Waals surface area contributed by atoms with E-state index in [0.717, 1.165) is 0 Å². The highest BCUT2D eigenvalue weighted by Crippen LogP contribution is 2.25. The van der Waals surface area contributed by atoms with Crippen LogP contribution in [0.1, 0.15) is 12.8 Å². The van der Waals surface area contributed by atoms with Crippen LogP contribution < -0.4 is 10.1 Å². The number of para-hydroxylation sites is 2. The van der Waals surface area contributed by atoms with E-state index in [1.807, 2.05) is 0 Å². The first-order chi connectivity index (χ1) is 12.3. The summed E-state index contributed by atoms with van der Waals surface area (Å²) in [6.45, 7) is -1.45. The van der Waals surface area contributed by atoms with E-state index < -0.39 is 25.3 Å². The molecule has 0 saturated carbocycles. The number of halogens is 3. The van der Waals surface area contributed by atoms with Crippen molar-refractivity contribution in [2.45, 2.75) is 19.0 Å². The molecular weight excluding hydrogens is 353 g/mol. The molecule has 26 heavy (non-hydrogen) atoms. The summed E-state index contributed by atoms with van der Waals surface area (Å²) in [5.74, 6) is -0.400. The summed E-state index contributed by atoms with van der Waals surface area (Å²) in [7, 11) is 1.51. The highest BCUT2D eigenvalue weighted by Gasteiger charge is 2.30. The number of nitrogens with one attached hydrogen (secondary N) is 1. The fraction of sp³-hybridized carbons (Fsp3) is 0.529. The van der Waals surface area contributed by atoms with Crippen molar-refractivity contribution in [2.24, 2.45) is 5.92 Å². The maximum absolute atomic E-state index is 12.4.